The molecule has 0 saturated heterocycles. The van der Waals surface area contributed by atoms with Crippen molar-refractivity contribution in [3.05, 3.63) is 91.2 Å². The molecule has 0 bridgehead atoms. The van der Waals surface area contributed by atoms with Crippen molar-refractivity contribution in [3.63, 3.8) is 0 Å². The van der Waals surface area contributed by atoms with Gasteiger partial charge < -0.3 is 14.9 Å². The van der Waals surface area contributed by atoms with Gasteiger partial charge in [0.05, 0.1) is 11.4 Å². The molecule has 150 valence electrons. The summed E-state index contributed by atoms with van der Waals surface area (Å²) in [6.45, 7) is 8.86. The second-order valence-corrected chi connectivity index (χ2v) is 7.41. The number of nitrogens with zero attached hydrogens (tertiary/aromatic N) is 1. The minimum absolute atomic E-state index is 0. The Morgan fingerprint density at radius 1 is 0.929 bits per heavy atom. The molecule has 3 heteroatoms. The molecule has 1 aliphatic rings. The molecule has 28 heavy (non-hydrogen) atoms. The Labute approximate surface area is 185 Å². The van der Waals surface area contributed by atoms with Crippen LogP contribution in [0.4, 0.5) is 5.69 Å². The average Bonchev–Trinajstić information content (AvgIpc) is 2.98. The third kappa shape index (κ3) is 4.74. The number of aryl methyl sites for hydroxylation is 2. The van der Waals surface area contributed by atoms with Crippen molar-refractivity contribution in [3.8, 4) is 0 Å². The van der Waals surface area contributed by atoms with Gasteiger partial charge in [-0.25, -0.2) is 4.99 Å². The van der Waals surface area contributed by atoms with Crippen LogP contribution in [0.5, 0.6) is 0 Å². The Bertz CT molecular complexity index is 969. The van der Waals surface area contributed by atoms with Crippen molar-refractivity contribution in [2.24, 2.45) is 10.9 Å². The van der Waals surface area contributed by atoms with E-state index in [0.717, 1.165) is 17.8 Å². The first-order valence-electron chi connectivity index (χ1n) is 8.88. The summed E-state index contributed by atoms with van der Waals surface area (Å²) in [6.07, 6.45) is 1.11. The molecule has 4 rings (SSSR count). The fourth-order valence-corrected chi connectivity index (χ4v) is 3.87. The Balaban J connectivity index is 0.000000950. The zero-order valence-electron chi connectivity index (χ0n) is 17.6. The van der Waals surface area contributed by atoms with Crippen LogP contribution in [0.2, 0.25) is 0 Å². The summed E-state index contributed by atoms with van der Waals surface area (Å²) >= 11 is 1.47. The maximum atomic E-state index is 4.99. The summed E-state index contributed by atoms with van der Waals surface area (Å²) in [5.74, 6) is 0.656. The van der Waals surface area contributed by atoms with Crippen molar-refractivity contribution in [2.45, 2.75) is 34.1 Å². The number of rotatable bonds is 3. The van der Waals surface area contributed by atoms with Crippen molar-refractivity contribution in [1.82, 2.24) is 0 Å². The minimum atomic E-state index is 0. The Morgan fingerprint density at radius 2 is 1.57 bits per heavy atom. The van der Waals surface area contributed by atoms with E-state index in [9.17, 15) is 0 Å². The van der Waals surface area contributed by atoms with Gasteiger partial charge in [0, 0.05) is 16.5 Å². The van der Waals surface area contributed by atoms with Gasteiger partial charge in [-0.3, -0.25) is 0 Å². The van der Waals surface area contributed by atoms with Gasteiger partial charge in [0.15, 0.2) is 0 Å². The first-order chi connectivity index (χ1) is 12.5. The molecule has 0 N–H and O–H groups in total. The van der Waals surface area contributed by atoms with Crippen LogP contribution in [0, 0.1) is 34.6 Å². The van der Waals surface area contributed by atoms with E-state index in [1.165, 1.54) is 56.5 Å². The van der Waals surface area contributed by atoms with Gasteiger partial charge in [-0.1, -0.05) is 55.3 Å². The van der Waals surface area contributed by atoms with Crippen LogP contribution in [0.1, 0.15) is 41.7 Å². The molecule has 0 atom stereocenters. The zero-order valence-corrected chi connectivity index (χ0v) is 20.7. The molecule has 3 aromatic carbocycles. The van der Waals surface area contributed by atoms with Crippen molar-refractivity contribution in [1.29, 1.82) is 0 Å². The van der Waals surface area contributed by atoms with Crippen LogP contribution < -0.4 is 0 Å². The second kappa shape index (κ2) is 10.3. The Morgan fingerprint density at radius 3 is 2.18 bits per heavy atom. The fraction of sp³-hybridized carbons (Fsp3) is 0.240. The van der Waals surface area contributed by atoms with E-state index in [1.54, 1.807) is 0 Å². The molecule has 1 aliphatic heterocycles. The van der Waals surface area contributed by atoms with Crippen LogP contribution in [0.25, 0.3) is 10.8 Å². The topological polar surface area (TPSA) is 12.4 Å². The Kier molecular flexibility index (Phi) is 9.08. The van der Waals surface area contributed by atoms with Gasteiger partial charge in [-0.2, -0.15) is 0 Å². The van der Waals surface area contributed by atoms with Crippen LogP contribution in [0.15, 0.2) is 53.5 Å². The molecule has 0 fully saturated rings. The molecule has 3 aromatic rings. The van der Waals surface area contributed by atoms with Crippen LogP contribution in [-0.4, -0.2) is 5.71 Å². The molecule has 0 saturated carbocycles. The first kappa shape index (κ1) is 24.6. The van der Waals surface area contributed by atoms with Crippen LogP contribution >= 0.6 is 9.58 Å². The molecule has 0 aromatic heterocycles. The second-order valence-electron chi connectivity index (χ2n) is 7.41. The van der Waals surface area contributed by atoms with Gasteiger partial charge in [-0.05, 0) is 55.3 Å². The number of aliphatic imine (C=N–C) groups is 1. The van der Waals surface area contributed by atoms with Gasteiger partial charge in [0.2, 0.25) is 0 Å². The van der Waals surface area contributed by atoms with Crippen molar-refractivity contribution in [2.75, 3.05) is 0 Å². The predicted molar refractivity (Wildman–Crippen MR) is 122 cm³/mol. The Hall–Kier alpha value is -1.47. The van der Waals surface area contributed by atoms with E-state index in [4.69, 9.17) is 4.99 Å². The van der Waals surface area contributed by atoms with E-state index in [1.807, 2.05) is 0 Å². The van der Waals surface area contributed by atoms with E-state index in [2.05, 4.69) is 85.8 Å². The monoisotopic (exact) mass is 571 g/mol. The number of benzene rings is 3. The van der Waals surface area contributed by atoms with E-state index < -0.39 is 0 Å². The third-order valence-corrected chi connectivity index (χ3v) is 4.72. The SMILES string of the molecule is Cc1cc(C)cc(C2=Nc3ccc(CC(C)C)c4cccc2c34)c1.[CH3-].[CH3-].[Cl][Ir+2]. The van der Waals surface area contributed by atoms with Gasteiger partial charge in [0.25, 0.3) is 0 Å². The maximum absolute atomic E-state index is 4.99. The summed E-state index contributed by atoms with van der Waals surface area (Å²) in [6, 6.07) is 17.8. The van der Waals surface area contributed by atoms with Gasteiger partial charge >= 0.3 is 27.5 Å². The zero-order chi connectivity index (χ0) is 18.8. The standard InChI is InChI=1S/C23H23N.2CH3.ClH.Ir/c1-14(2)10-17-8-9-21-22-19(17)6-5-7-20(22)23(24-21)18-12-15(3)11-16(4)13-18;;;;/h5-9,11-14H,10H2,1-4H3;2*1H3;1H;/q;2*-1;;+3/p-1. The summed E-state index contributed by atoms with van der Waals surface area (Å²) < 4.78 is 0. The van der Waals surface area contributed by atoms with E-state index >= 15 is 0 Å². The number of halogens is 1. The van der Waals surface area contributed by atoms with Gasteiger partial charge in [-0.15, -0.1) is 0 Å². The quantitative estimate of drug-likeness (QED) is 0.224. The van der Waals surface area contributed by atoms with E-state index in [-0.39, 0.29) is 14.9 Å². The number of hydrogen-bond acceptors (Lipinski definition) is 1. The summed E-state index contributed by atoms with van der Waals surface area (Å²) in [5.41, 5.74) is 8.74. The van der Waals surface area contributed by atoms with Crippen LogP contribution in [0.3, 0.4) is 0 Å². The molecule has 0 unspecified atom stereocenters. The van der Waals surface area contributed by atoms with Crippen molar-refractivity contribution >= 4 is 31.8 Å². The number of hydrogen-bond donors (Lipinski definition) is 0. The molecular formula is C25H29ClIrN. The molecular weight excluding hydrogens is 542 g/mol. The van der Waals surface area contributed by atoms with Crippen molar-refractivity contribution < 1.29 is 17.9 Å². The molecule has 0 aliphatic carbocycles. The molecule has 0 radical (unpaired) electrons. The summed E-state index contributed by atoms with van der Waals surface area (Å²) in [5, 5.41) is 2.69. The normalized spacial score (nSPS) is 11.3. The first-order valence-corrected chi connectivity index (χ1v) is 11.8. The van der Waals surface area contributed by atoms with E-state index in [0.29, 0.717) is 5.92 Å². The van der Waals surface area contributed by atoms with Crippen LogP contribution in [-0.2, 0) is 24.3 Å². The average molecular weight is 571 g/mol. The fourth-order valence-electron chi connectivity index (χ4n) is 3.87. The summed E-state index contributed by atoms with van der Waals surface area (Å²) in [7, 11) is 4.64. The van der Waals surface area contributed by atoms with Gasteiger partial charge in [0.1, 0.15) is 0 Å². The summed E-state index contributed by atoms with van der Waals surface area (Å²) in [4.78, 5) is 4.99. The predicted octanol–water partition coefficient (Wildman–Crippen LogP) is 7.73. The molecule has 1 heterocycles. The third-order valence-electron chi connectivity index (χ3n) is 4.72. The molecule has 1 nitrogen and oxygen atoms in total. The molecule has 0 amide bonds. The molecule has 0 spiro atoms.